The lowest BCUT2D eigenvalue weighted by atomic mass is 10.0. The number of benzene rings is 1. The van der Waals surface area contributed by atoms with Gasteiger partial charge < -0.3 is 5.73 Å². The van der Waals surface area contributed by atoms with Gasteiger partial charge in [0, 0.05) is 6.04 Å². The molecule has 15 heavy (non-hydrogen) atoms. The minimum absolute atomic E-state index is 0. The lowest BCUT2D eigenvalue weighted by Crippen LogP contribution is -2.09. The molecule has 0 fully saturated rings. The first-order valence-corrected chi connectivity index (χ1v) is 4.25. The van der Waals surface area contributed by atoms with Crippen molar-refractivity contribution in [2.75, 3.05) is 0 Å². The van der Waals surface area contributed by atoms with Crippen LogP contribution >= 0.6 is 12.4 Å². The quantitative estimate of drug-likeness (QED) is 0.806. The van der Waals surface area contributed by atoms with Crippen LogP contribution in [0.1, 0.15) is 23.6 Å². The van der Waals surface area contributed by atoms with Gasteiger partial charge in [0.15, 0.2) is 0 Å². The molecular formula is C11H12ClFN2. The van der Waals surface area contributed by atoms with E-state index >= 15 is 0 Å². The fraction of sp³-hybridized carbons (Fsp3) is 0.182. The zero-order valence-corrected chi connectivity index (χ0v) is 8.93. The molecule has 1 aromatic carbocycles. The SMILES string of the molecule is C=CC[C@@H](N)c1ccc(F)c(C#N)c1.Cl. The predicted octanol–water partition coefficient (Wildman–Crippen LogP) is 2.70. The van der Waals surface area contributed by atoms with Gasteiger partial charge in [-0.1, -0.05) is 12.1 Å². The summed E-state index contributed by atoms with van der Waals surface area (Å²) in [4.78, 5) is 0. The third-order valence-electron chi connectivity index (χ3n) is 1.96. The van der Waals surface area contributed by atoms with Crippen LogP contribution in [0.5, 0.6) is 0 Å². The van der Waals surface area contributed by atoms with Crippen LogP contribution in [0.4, 0.5) is 4.39 Å². The van der Waals surface area contributed by atoms with Crippen molar-refractivity contribution in [3.63, 3.8) is 0 Å². The Balaban J connectivity index is 0.00000196. The first kappa shape index (κ1) is 13.6. The lowest BCUT2D eigenvalue weighted by molar-refractivity contribution is 0.621. The second-order valence-electron chi connectivity index (χ2n) is 2.98. The van der Waals surface area contributed by atoms with Crippen LogP contribution in [-0.2, 0) is 0 Å². The number of hydrogen-bond donors (Lipinski definition) is 1. The summed E-state index contributed by atoms with van der Waals surface area (Å²) in [5.41, 5.74) is 6.56. The zero-order valence-electron chi connectivity index (χ0n) is 8.11. The predicted molar refractivity (Wildman–Crippen MR) is 60.1 cm³/mol. The first-order valence-electron chi connectivity index (χ1n) is 4.25. The average Bonchev–Trinajstić information content (AvgIpc) is 2.19. The van der Waals surface area contributed by atoms with Gasteiger partial charge in [0.25, 0.3) is 0 Å². The molecule has 0 bridgehead atoms. The van der Waals surface area contributed by atoms with Crippen molar-refractivity contribution < 1.29 is 4.39 Å². The van der Waals surface area contributed by atoms with E-state index in [0.717, 1.165) is 5.56 Å². The van der Waals surface area contributed by atoms with Gasteiger partial charge in [-0.15, -0.1) is 19.0 Å². The van der Waals surface area contributed by atoms with E-state index in [9.17, 15) is 4.39 Å². The lowest BCUT2D eigenvalue weighted by Gasteiger charge is -2.09. The maximum absolute atomic E-state index is 12.9. The average molecular weight is 227 g/mol. The highest BCUT2D eigenvalue weighted by molar-refractivity contribution is 5.85. The molecule has 0 aromatic heterocycles. The topological polar surface area (TPSA) is 49.8 Å². The van der Waals surface area contributed by atoms with Crippen LogP contribution in [0.15, 0.2) is 30.9 Å². The second-order valence-corrected chi connectivity index (χ2v) is 2.98. The Morgan fingerprint density at radius 2 is 2.27 bits per heavy atom. The number of hydrogen-bond acceptors (Lipinski definition) is 2. The Bertz CT molecular complexity index is 385. The molecule has 2 nitrogen and oxygen atoms in total. The molecule has 80 valence electrons. The van der Waals surface area contributed by atoms with E-state index in [0.29, 0.717) is 6.42 Å². The summed E-state index contributed by atoms with van der Waals surface area (Å²) < 4.78 is 12.9. The summed E-state index contributed by atoms with van der Waals surface area (Å²) in [5, 5.41) is 8.60. The van der Waals surface area contributed by atoms with Gasteiger partial charge in [-0.3, -0.25) is 0 Å². The third-order valence-corrected chi connectivity index (χ3v) is 1.96. The number of nitrogens with two attached hydrogens (primary N) is 1. The number of halogens is 2. The van der Waals surface area contributed by atoms with Crippen molar-refractivity contribution in [2.45, 2.75) is 12.5 Å². The molecule has 1 atom stereocenters. The van der Waals surface area contributed by atoms with E-state index in [-0.39, 0.29) is 24.0 Å². The van der Waals surface area contributed by atoms with Crippen LogP contribution in [0.25, 0.3) is 0 Å². The van der Waals surface area contributed by atoms with Crippen LogP contribution in [-0.4, -0.2) is 0 Å². The highest BCUT2D eigenvalue weighted by atomic mass is 35.5. The van der Waals surface area contributed by atoms with Gasteiger partial charge in [-0.25, -0.2) is 4.39 Å². The molecule has 0 spiro atoms. The molecule has 0 saturated carbocycles. The standard InChI is InChI=1S/C11H11FN2.ClH/c1-2-3-11(14)8-4-5-10(12)9(6-8)7-13;/h2,4-6,11H,1,3,14H2;1H/t11-;/m1./s1. The van der Waals surface area contributed by atoms with E-state index < -0.39 is 5.82 Å². The van der Waals surface area contributed by atoms with Crippen molar-refractivity contribution in [3.8, 4) is 6.07 Å². The van der Waals surface area contributed by atoms with Crippen LogP contribution in [0, 0.1) is 17.1 Å². The largest absolute Gasteiger partial charge is 0.324 e. The van der Waals surface area contributed by atoms with Crippen LogP contribution in [0.2, 0.25) is 0 Å². The van der Waals surface area contributed by atoms with Crippen molar-refractivity contribution in [1.29, 1.82) is 5.26 Å². The second kappa shape index (κ2) is 6.18. The summed E-state index contributed by atoms with van der Waals surface area (Å²) >= 11 is 0. The molecule has 0 aliphatic rings. The summed E-state index contributed by atoms with van der Waals surface area (Å²) in [6, 6.07) is 5.88. The smallest absolute Gasteiger partial charge is 0.140 e. The van der Waals surface area contributed by atoms with Crippen LogP contribution < -0.4 is 5.73 Å². The monoisotopic (exact) mass is 226 g/mol. The molecule has 0 amide bonds. The summed E-state index contributed by atoms with van der Waals surface area (Å²) in [6.45, 7) is 3.57. The molecule has 0 aliphatic heterocycles. The van der Waals surface area contributed by atoms with Crippen molar-refractivity contribution >= 4 is 12.4 Å². The fourth-order valence-corrected chi connectivity index (χ4v) is 1.17. The minimum Gasteiger partial charge on any atom is -0.324 e. The summed E-state index contributed by atoms with van der Waals surface area (Å²) in [7, 11) is 0. The molecule has 0 aliphatic carbocycles. The van der Waals surface area contributed by atoms with Gasteiger partial charge in [-0.2, -0.15) is 5.26 Å². The Labute approximate surface area is 94.6 Å². The van der Waals surface area contributed by atoms with E-state index in [4.69, 9.17) is 11.0 Å². The maximum Gasteiger partial charge on any atom is 0.140 e. The molecule has 0 saturated heterocycles. The molecule has 4 heteroatoms. The zero-order chi connectivity index (χ0) is 10.6. The van der Waals surface area contributed by atoms with E-state index in [2.05, 4.69) is 6.58 Å². The summed E-state index contributed by atoms with van der Waals surface area (Å²) in [5.74, 6) is -0.512. The Morgan fingerprint density at radius 3 is 2.80 bits per heavy atom. The molecule has 0 heterocycles. The Hall–Kier alpha value is -1.37. The van der Waals surface area contributed by atoms with Crippen LogP contribution in [0.3, 0.4) is 0 Å². The molecule has 2 N–H and O–H groups in total. The number of rotatable bonds is 3. The minimum atomic E-state index is -0.512. The van der Waals surface area contributed by atoms with Gasteiger partial charge >= 0.3 is 0 Å². The highest BCUT2D eigenvalue weighted by Crippen LogP contribution is 2.17. The molecule has 1 rings (SSSR count). The Morgan fingerprint density at radius 1 is 1.60 bits per heavy atom. The number of nitriles is 1. The first-order chi connectivity index (χ1) is 6.69. The molecule has 1 aromatic rings. The molecular weight excluding hydrogens is 215 g/mol. The van der Waals surface area contributed by atoms with Crippen molar-refractivity contribution in [3.05, 3.63) is 47.8 Å². The number of nitrogens with zero attached hydrogens (tertiary/aromatic N) is 1. The fourth-order valence-electron chi connectivity index (χ4n) is 1.17. The molecule has 0 radical (unpaired) electrons. The van der Waals surface area contributed by atoms with Gasteiger partial charge in [-0.05, 0) is 24.1 Å². The molecule has 0 unspecified atom stereocenters. The van der Waals surface area contributed by atoms with Gasteiger partial charge in [0.05, 0.1) is 5.56 Å². The third kappa shape index (κ3) is 3.35. The van der Waals surface area contributed by atoms with E-state index in [1.165, 1.54) is 12.1 Å². The van der Waals surface area contributed by atoms with Crippen molar-refractivity contribution in [2.24, 2.45) is 5.73 Å². The van der Waals surface area contributed by atoms with Gasteiger partial charge in [0.2, 0.25) is 0 Å². The Kier molecular flexibility index (Phi) is 5.61. The summed E-state index contributed by atoms with van der Waals surface area (Å²) in [6.07, 6.45) is 2.30. The van der Waals surface area contributed by atoms with Crippen molar-refractivity contribution in [1.82, 2.24) is 0 Å². The normalized spacial score (nSPS) is 11.0. The van der Waals surface area contributed by atoms with E-state index in [1.807, 2.05) is 0 Å². The highest BCUT2D eigenvalue weighted by Gasteiger charge is 2.07. The maximum atomic E-state index is 12.9. The van der Waals surface area contributed by atoms with Gasteiger partial charge in [0.1, 0.15) is 11.9 Å². The van der Waals surface area contributed by atoms with E-state index in [1.54, 1.807) is 18.2 Å².